The molecule has 1 aliphatic rings. The van der Waals surface area contributed by atoms with Crippen molar-refractivity contribution in [2.75, 3.05) is 32.2 Å². The first kappa shape index (κ1) is 29.2. The van der Waals surface area contributed by atoms with Crippen molar-refractivity contribution >= 4 is 11.5 Å². The summed E-state index contributed by atoms with van der Waals surface area (Å²) in [6, 6.07) is 7.30. The highest BCUT2D eigenvalue weighted by Gasteiger charge is 2.56. The van der Waals surface area contributed by atoms with Crippen LogP contribution in [0, 0.1) is 5.82 Å². The van der Waals surface area contributed by atoms with E-state index < -0.39 is 47.5 Å². The number of carbonyl (C=O) groups is 1. The number of aromatic nitrogens is 2. The number of Topliss-reactive ketones (excluding diaryl/α,β-unsaturated/α-hetero) is 1. The van der Waals surface area contributed by atoms with Crippen LogP contribution >= 0.6 is 0 Å². The molecule has 40 heavy (non-hydrogen) atoms. The molecule has 0 saturated heterocycles. The molecule has 0 fully saturated rings. The maximum atomic E-state index is 14.5. The summed E-state index contributed by atoms with van der Waals surface area (Å²) in [7, 11) is 1.30. The average Bonchev–Trinajstić information content (AvgIpc) is 3.23. The number of fused-ring (bicyclic) bond motifs is 1. The number of anilines is 1. The molecule has 0 saturated carbocycles. The first-order chi connectivity index (χ1) is 18.8. The number of halogens is 4. The number of aliphatic hydroxyl groups excluding tert-OH is 1. The van der Waals surface area contributed by atoms with Crippen LogP contribution < -0.4 is 20.5 Å². The van der Waals surface area contributed by atoms with Gasteiger partial charge >= 0.3 is 6.18 Å². The summed E-state index contributed by atoms with van der Waals surface area (Å²) in [6.45, 7) is 1.47. The quantitative estimate of drug-likeness (QED) is 0.215. The Hall–Kier alpha value is -3.81. The van der Waals surface area contributed by atoms with Crippen molar-refractivity contribution in [1.82, 2.24) is 9.97 Å². The van der Waals surface area contributed by atoms with Gasteiger partial charge in [-0.05, 0) is 43.7 Å². The molecule has 0 unspecified atom stereocenters. The van der Waals surface area contributed by atoms with Crippen LogP contribution in [0.3, 0.4) is 0 Å². The van der Waals surface area contributed by atoms with Crippen LogP contribution in [0.25, 0.3) is 11.3 Å². The van der Waals surface area contributed by atoms with Crippen molar-refractivity contribution in [2.45, 2.75) is 37.1 Å². The Labute approximate surface area is 227 Å². The van der Waals surface area contributed by atoms with Crippen LogP contribution in [0.2, 0.25) is 0 Å². The predicted octanol–water partition coefficient (Wildman–Crippen LogP) is 3.67. The van der Waals surface area contributed by atoms with Crippen LogP contribution in [0.1, 0.15) is 41.5 Å². The molecule has 5 N–H and O–H groups in total. The molecule has 3 heterocycles. The number of carbonyl (C=O) groups excluding carboxylic acids is 1. The minimum Gasteiger partial charge on any atom is -0.493 e. The predicted molar refractivity (Wildman–Crippen MR) is 137 cm³/mol. The van der Waals surface area contributed by atoms with E-state index in [4.69, 9.17) is 20.3 Å². The van der Waals surface area contributed by atoms with Crippen LogP contribution in [0.15, 0.2) is 42.6 Å². The summed E-state index contributed by atoms with van der Waals surface area (Å²) >= 11 is 0. The molecule has 0 bridgehead atoms. The number of hydrogen-bond acceptors (Lipinski definition) is 9. The number of nitrogens with one attached hydrogen (secondary N) is 1. The lowest BCUT2D eigenvalue weighted by Crippen LogP contribution is -2.44. The number of nitrogens with two attached hydrogens (primary N) is 1. The van der Waals surface area contributed by atoms with Gasteiger partial charge in [-0.3, -0.25) is 4.79 Å². The molecule has 2 atom stereocenters. The van der Waals surface area contributed by atoms with Crippen LogP contribution in [-0.4, -0.2) is 59.0 Å². The average molecular weight is 565 g/mol. The lowest BCUT2D eigenvalue weighted by Gasteiger charge is -2.31. The summed E-state index contributed by atoms with van der Waals surface area (Å²) in [5.41, 5.74) is 1.80. The Morgan fingerprint density at radius 2 is 1.90 bits per heavy atom. The van der Waals surface area contributed by atoms with E-state index in [-0.39, 0.29) is 48.2 Å². The summed E-state index contributed by atoms with van der Waals surface area (Å²) in [6.07, 6.45) is -5.88. The van der Waals surface area contributed by atoms with Crippen LogP contribution in [0.4, 0.5) is 23.2 Å². The number of methoxy groups -OCH3 is 1. The number of alkyl halides is 3. The first-order valence-electron chi connectivity index (χ1n) is 12.3. The summed E-state index contributed by atoms with van der Waals surface area (Å²) in [4.78, 5) is 21.0. The Kier molecular flexibility index (Phi) is 8.01. The molecular formula is C27H28F4N4O5. The van der Waals surface area contributed by atoms with Crippen molar-refractivity contribution < 1.29 is 42.0 Å². The molecule has 3 aromatic rings. The van der Waals surface area contributed by atoms with E-state index in [1.54, 1.807) is 6.92 Å². The van der Waals surface area contributed by atoms with E-state index >= 15 is 0 Å². The second-order valence-electron chi connectivity index (χ2n) is 9.63. The summed E-state index contributed by atoms with van der Waals surface area (Å²) in [5.74, 6) is -1.11. The molecule has 214 valence electrons. The highest BCUT2D eigenvalue weighted by atomic mass is 19.4. The maximum Gasteiger partial charge on any atom is 0.422 e. The molecule has 2 aromatic heterocycles. The minimum absolute atomic E-state index is 0.0561. The Morgan fingerprint density at radius 3 is 2.52 bits per heavy atom. The van der Waals surface area contributed by atoms with E-state index in [9.17, 15) is 27.5 Å². The largest absolute Gasteiger partial charge is 0.493 e. The molecule has 13 heteroatoms. The molecule has 0 aliphatic carbocycles. The van der Waals surface area contributed by atoms with E-state index in [1.807, 2.05) is 0 Å². The van der Waals surface area contributed by atoms with Gasteiger partial charge in [0.25, 0.3) is 0 Å². The Morgan fingerprint density at radius 1 is 1.20 bits per heavy atom. The third-order valence-corrected chi connectivity index (χ3v) is 6.68. The van der Waals surface area contributed by atoms with Crippen LogP contribution in [0.5, 0.6) is 11.5 Å². The molecule has 0 radical (unpaired) electrons. The van der Waals surface area contributed by atoms with Gasteiger partial charge in [0.2, 0.25) is 5.60 Å². The zero-order chi connectivity index (χ0) is 29.3. The van der Waals surface area contributed by atoms with Gasteiger partial charge < -0.3 is 30.7 Å². The zero-order valence-corrected chi connectivity index (χ0v) is 21.7. The number of ether oxygens (including phenoxy) is 2. The highest BCUT2D eigenvalue weighted by Crippen LogP contribution is 2.47. The molecular weight excluding hydrogens is 536 g/mol. The number of nitrogens with zero attached hydrogens (tertiary/aromatic N) is 2. The van der Waals surface area contributed by atoms with E-state index in [0.29, 0.717) is 11.3 Å². The highest BCUT2D eigenvalue weighted by molar-refractivity contribution is 5.94. The molecule has 0 spiro atoms. The SMILES string of the molecule is COc1cc(C(=O)CC[C@@](O)(c2cc3c(c(-c4ccc(F)cc4)n2)NC[C@@]3(C)N)C(F)(F)F)ncc1OCCO. The number of ketones is 1. The Balaban J connectivity index is 1.71. The third-order valence-electron chi connectivity index (χ3n) is 6.68. The molecule has 4 rings (SSSR count). The lowest BCUT2D eigenvalue weighted by molar-refractivity contribution is -0.270. The molecule has 0 amide bonds. The monoisotopic (exact) mass is 564 g/mol. The van der Waals surface area contributed by atoms with Gasteiger partial charge in [0, 0.05) is 30.2 Å². The Bertz CT molecular complexity index is 1400. The number of benzene rings is 1. The first-order valence-corrected chi connectivity index (χ1v) is 12.3. The number of pyridine rings is 2. The summed E-state index contributed by atoms with van der Waals surface area (Å²) in [5, 5.41) is 23.1. The zero-order valence-electron chi connectivity index (χ0n) is 21.7. The van der Waals surface area contributed by atoms with Crippen molar-refractivity contribution in [2.24, 2.45) is 5.73 Å². The van der Waals surface area contributed by atoms with Crippen LogP contribution in [-0.2, 0) is 11.1 Å². The normalized spacial score (nSPS) is 18.0. The van der Waals surface area contributed by atoms with Crippen molar-refractivity contribution in [3.63, 3.8) is 0 Å². The molecule has 1 aromatic carbocycles. The fraction of sp³-hybridized carbons (Fsp3) is 0.370. The topological polar surface area (TPSA) is 140 Å². The van der Waals surface area contributed by atoms with Gasteiger partial charge in [0.1, 0.15) is 18.1 Å². The van der Waals surface area contributed by atoms with Crippen molar-refractivity contribution in [3.05, 3.63) is 65.4 Å². The van der Waals surface area contributed by atoms with Gasteiger partial charge in [0.15, 0.2) is 17.3 Å². The standard InChI is InChI=1S/C27H28F4N4O5/c1-25(32)14-34-24-17(25)11-22(35-23(24)15-3-5-16(28)6-4-15)26(38,27(29,30)31)8-7-19(37)18-12-20(39-2)21(13-33-18)40-10-9-36/h3-6,11-13,34,36,38H,7-10,14,32H2,1-2H3/t25-,26-/m1/s1. The van der Waals surface area contributed by atoms with E-state index in [0.717, 1.165) is 24.4 Å². The number of hydrogen-bond donors (Lipinski definition) is 4. The smallest absolute Gasteiger partial charge is 0.422 e. The van der Waals surface area contributed by atoms with Gasteiger partial charge in [-0.25, -0.2) is 14.4 Å². The lowest BCUT2D eigenvalue weighted by atomic mass is 9.86. The van der Waals surface area contributed by atoms with E-state index in [2.05, 4.69) is 15.3 Å². The number of rotatable bonds is 10. The second-order valence-corrected chi connectivity index (χ2v) is 9.63. The van der Waals surface area contributed by atoms with Gasteiger partial charge in [-0.15, -0.1) is 0 Å². The number of aliphatic hydroxyl groups is 2. The van der Waals surface area contributed by atoms with Gasteiger partial charge in [0.05, 0.1) is 42.5 Å². The summed E-state index contributed by atoms with van der Waals surface area (Å²) < 4.78 is 67.4. The minimum atomic E-state index is -5.22. The fourth-order valence-corrected chi connectivity index (χ4v) is 4.41. The maximum absolute atomic E-state index is 14.5. The van der Waals surface area contributed by atoms with Gasteiger partial charge in [-0.2, -0.15) is 13.2 Å². The van der Waals surface area contributed by atoms with Crippen molar-refractivity contribution in [1.29, 1.82) is 0 Å². The van der Waals surface area contributed by atoms with Gasteiger partial charge in [-0.1, -0.05) is 0 Å². The van der Waals surface area contributed by atoms with Crippen molar-refractivity contribution in [3.8, 4) is 22.8 Å². The molecule has 1 aliphatic heterocycles. The molecule has 9 nitrogen and oxygen atoms in total. The van der Waals surface area contributed by atoms with E-state index in [1.165, 1.54) is 25.3 Å². The third kappa shape index (κ3) is 5.58. The fourth-order valence-electron chi connectivity index (χ4n) is 4.41. The second kappa shape index (κ2) is 11.0.